The average Bonchev–Trinajstić information content (AvgIpc) is 2.87. The summed E-state index contributed by atoms with van der Waals surface area (Å²) in [6.45, 7) is 7.97. The summed E-state index contributed by atoms with van der Waals surface area (Å²) in [5.74, 6) is -2.82. The molecule has 0 N–H and O–H groups in total. The van der Waals surface area contributed by atoms with E-state index >= 15 is 0 Å². The van der Waals surface area contributed by atoms with Crippen molar-refractivity contribution in [2.24, 2.45) is 11.3 Å². The number of carbonyl (C=O) groups is 3. The average molecular weight is 371 g/mol. The molecule has 1 aromatic carbocycles. The number of ketones is 3. The zero-order chi connectivity index (χ0) is 19.9. The Morgan fingerprint density at radius 1 is 1.19 bits per heavy atom. The summed E-state index contributed by atoms with van der Waals surface area (Å²) in [5, 5.41) is 0. The maximum Gasteiger partial charge on any atom is 0.419 e. The molecule has 0 atom stereocenters. The van der Waals surface area contributed by atoms with Gasteiger partial charge in [0.25, 0.3) is 0 Å². The van der Waals surface area contributed by atoms with Crippen molar-refractivity contribution in [2.75, 3.05) is 0 Å². The minimum atomic E-state index is -1.24. The number of Topliss-reactive ketones (excluding diaryl/α,β-unsaturated/α-hetero) is 3. The number of unbranched alkanes of at least 4 members (excludes halogenated alkanes) is 1. The van der Waals surface area contributed by atoms with Crippen molar-refractivity contribution in [3.8, 4) is 0 Å². The minimum absolute atomic E-state index is 0.212. The maximum absolute atomic E-state index is 13.1. The molecule has 0 radical (unpaired) electrons. The van der Waals surface area contributed by atoms with Crippen LogP contribution in [0.5, 0.6) is 0 Å². The molecule has 3 rings (SSSR count). The molecule has 1 aromatic heterocycles. The number of aryl methyl sites for hydroxylation is 2. The molecule has 1 aliphatic carbocycles. The molecule has 1 heterocycles. The molecule has 1 fully saturated rings. The number of fused-ring (bicyclic) bond motifs is 1. The molecule has 0 unspecified atom stereocenters. The van der Waals surface area contributed by atoms with Crippen molar-refractivity contribution in [3.05, 3.63) is 33.8 Å². The largest absolute Gasteiger partial charge is 0.419 e. The first kappa shape index (κ1) is 19.3. The van der Waals surface area contributed by atoms with Crippen molar-refractivity contribution >= 4 is 28.4 Å². The Labute approximate surface area is 157 Å². The summed E-state index contributed by atoms with van der Waals surface area (Å²) in [4.78, 5) is 50.2. The zero-order valence-electron chi connectivity index (χ0n) is 16.3. The number of hydrogen-bond donors (Lipinski definition) is 0. The topological polar surface area (TPSA) is 86.3 Å². The van der Waals surface area contributed by atoms with Gasteiger partial charge < -0.3 is 4.42 Å². The third kappa shape index (κ3) is 3.40. The van der Waals surface area contributed by atoms with Gasteiger partial charge in [-0.2, -0.15) is 0 Å². The van der Waals surface area contributed by atoms with Crippen LogP contribution in [-0.4, -0.2) is 21.9 Å². The first-order chi connectivity index (χ1) is 12.7. The van der Waals surface area contributed by atoms with Gasteiger partial charge in [0, 0.05) is 24.9 Å². The quantitative estimate of drug-likeness (QED) is 0.593. The molecule has 144 valence electrons. The molecular formula is C21H25NO5. The summed E-state index contributed by atoms with van der Waals surface area (Å²) in [6, 6.07) is 3.12. The number of aromatic nitrogens is 1. The van der Waals surface area contributed by atoms with Gasteiger partial charge in [-0.05, 0) is 36.5 Å². The lowest BCUT2D eigenvalue weighted by Gasteiger charge is -2.31. The highest BCUT2D eigenvalue weighted by Gasteiger charge is 2.44. The van der Waals surface area contributed by atoms with Crippen molar-refractivity contribution in [3.63, 3.8) is 0 Å². The molecule has 0 amide bonds. The van der Waals surface area contributed by atoms with Gasteiger partial charge in [-0.3, -0.25) is 19.0 Å². The van der Waals surface area contributed by atoms with Crippen LogP contribution >= 0.6 is 0 Å². The second-order valence-electron chi connectivity index (χ2n) is 8.21. The van der Waals surface area contributed by atoms with Gasteiger partial charge in [0.15, 0.2) is 22.9 Å². The highest BCUT2D eigenvalue weighted by molar-refractivity contribution is 6.26. The Hall–Kier alpha value is -2.50. The first-order valence-corrected chi connectivity index (χ1v) is 9.39. The van der Waals surface area contributed by atoms with Gasteiger partial charge >= 0.3 is 5.76 Å². The molecule has 0 bridgehead atoms. The maximum atomic E-state index is 13.1. The van der Waals surface area contributed by atoms with Crippen LogP contribution in [0.2, 0.25) is 0 Å². The van der Waals surface area contributed by atoms with Crippen molar-refractivity contribution < 1.29 is 18.8 Å². The summed E-state index contributed by atoms with van der Waals surface area (Å²) in [5.41, 5.74) is 1.45. The van der Waals surface area contributed by atoms with E-state index in [9.17, 15) is 19.2 Å². The van der Waals surface area contributed by atoms with Crippen LogP contribution in [0.1, 0.15) is 62.4 Å². The van der Waals surface area contributed by atoms with E-state index in [4.69, 9.17) is 4.42 Å². The van der Waals surface area contributed by atoms with E-state index in [1.165, 1.54) is 4.57 Å². The third-order valence-corrected chi connectivity index (χ3v) is 5.29. The van der Waals surface area contributed by atoms with Gasteiger partial charge in [-0.25, -0.2) is 4.79 Å². The van der Waals surface area contributed by atoms with Gasteiger partial charge in [0.05, 0.1) is 5.52 Å². The number of carbonyl (C=O) groups excluding carboxylic acids is 3. The molecule has 0 aliphatic heterocycles. The number of hydrogen-bond acceptors (Lipinski definition) is 5. The second kappa shape index (κ2) is 6.91. The van der Waals surface area contributed by atoms with E-state index in [0.29, 0.717) is 28.8 Å². The molecule has 0 spiro atoms. The smallest absolute Gasteiger partial charge is 0.408 e. The van der Waals surface area contributed by atoms with E-state index < -0.39 is 22.9 Å². The molecule has 27 heavy (non-hydrogen) atoms. The Morgan fingerprint density at radius 2 is 1.81 bits per heavy atom. The Kier molecular flexibility index (Phi) is 4.93. The fraction of sp³-hybridized carbons (Fsp3) is 0.524. The van der Waals surface area contributed by atoms with Crippen LogP contribution in [0.15, 0.2) is 21.3 Å². The number of nitrogens with zero attached hydrogens (tertiary/aromatic N) is 1. The Morgan fingerprint density at radius 3 is 2.41 bits per heavy atom. The molecule has 1 saturated carbocycles. The van der Waals surface area contributed by atoms with Crippen LogP contribution in [-0.2, 0) is 16.1 Å². The van der Waals surface area contributed by atoms with Gasteiger partial charge in [-0.15, -0.1) is 0 Å². The fourth-order valence-corrected chi connectivity index (χ4v) is 3.96. The van der Waals surface area contributed by atoms with Crippen LogP contribution in [0.4, 0.5) is 0 Å². The highest BCUT2D eigenvalue weighted by Crippen LogP contribution is 2.36. The van der Waals surface area contributed by atoms with Crippen LogP contribution in [0.3, 0.4) is 0 Å². The van der Waals surface area contributed by atoms with E-state index in [1.807, 2.05) is 20.8 Å². The molecular weight excluding hydrogens is 346 g/mol. The third-order valence-electron chi connectivity index (χ3n) is 5.29. The van der Waals surface area contributed by atoms with Gasteiger partial charge in [-0.1, -0.05) is 27.2 Å². The Balaban J connectivity index is 2.05. The SMILES string of the molecule is CCCCn1c(=O)oc2ccc(C(=O)C3C(=O)CC(C)(C)CC3=O)c(C)c21. The normalized spacial score (nSPS) is 17.6. The van der Waals surface area contributed by atoms with Crippen LogP contribution in [0, 0.1) is 18.3 Å². The Bertz CT molecular complexity index is 972. The fourth-order valence-electron chi connectivity index (χ4n) is 3.96. The highest BCUT2D eigenvalue weighted by atomic mass is 16.4. The minimum Gasteiger partial charge on any atom is -0.408 e. The lowest BCUT2D eigenvalue weighted by molar-refractivity contribution is -0.137. The summed E-state index contributed by atoms with van der Waals surface area (Å²) in [7, 11) is 0. The lowest BCUT2D eigenvalue weighted by Crippen LogP contribution is -2.42. The molecule has 1 aliphatic rings. The van der Waals surface area contributed by atoms with Crippen molar-refractivity contribution in [1.29, 1.82) is 0 Å². The van der Waals surface area contributed by atoms with Crippen molar-refractivity contribution in [1.82, 2.24) is 4.57 Å². The molecule has 6 heteroatoms. The number of benzene rings is 1. The number of rotatable bonds is 5. The van der Waals surface area contributed by atoms with E-state index in [0.717, 1.165) is 12.8 Å². The molecule has 2 aromatic rings. The summed E-state index contributed by atoms with van der Waals surface area (Å²) < 4.78 is 6.82. The van der Waals surface area contributed by atoms with Gasteiger partial charge in [0.1, 0.15) is 5.92 Å². The molecule has 6 nitrogen and oxygen atoms in total. The van der Waals surface area contributed by atoms with E-state index in [-0.39, 0.29) is 24.4 Å². The van der Waals surface area contributed by atoms with Crippen LogP contribution in [0.25, 0.3) is 11.1 Å². The summed E-state index contributed by atoms with van der Waals surface area (Å²) in [6.07, 6.45) is 2.14. The predicted octanol–water partition coefficient (Wildman–Crippen LogP) is 3.46. The lowest BCUT2D eigenvalue weighted by atomic mass is 9.69. The van der Waals surface area contributed by atoms with Crippen LogP contribution < -0.4 is 5.76 Å². The number of oxazole rings is 1. The monoisotopic (exact) mass is 371 g/mol. The molecule has 0 saturated heterocycles. The standard InChI is InChI=1S/C21H25NO5/c1-5-6-9-22-18-12(2)13(7-8-16(18)27-20(22)26)19(25)17-14(23)10-21(3,4)11-15(17)24/h7-8,17H,5-6,9-11H2,1-4H3. The zero-order valence-corrected chi connectivity index (χ0v) is 16.3. The van der Waals surface area contributed by atoms with E-state index in [2.05, 4.69) is 0 Å². The van der Waals surface area contributed by atoms with Gasteiger partial charge in [0.2, 0.25) is 0 Å². The van der Waals surface area contributed by atoms with E-state index in [1.54, 1.807) is 19.1 Å². The first-order valence-electron chi connectivity index (χ1n) is 9.39. The second-order valence-corrected chi connectivity index (χ2v) is 8.21. The van der Waals surface area contributed by atoms with Crippen molar-refractivity contribution in [2.45, 2.75) is 59.9 Å². The predicted molar refractivity (Wildman–Crippen MR) is 101 cm³/mol. The summed E-state index contributed by atoms with van der Waals surface area (Å²) >= 11 is 0.